The fourth-order valence-electron chi connectivity index (χ4n) is 2.43. The Morgan fingerprint density at radius 1 is 1.35 bits per heavy atom. The van der Waals surface area contributed by atoms with E-state index in [4.69, 9.17) is 16.3 Å². The number of rotatable bonds is 4. The maximum Gasteiger partial charge on any atom is 0.328 e. The van der Waals surface area contributed by atoms with Gasteiger partial charge in [-0.05, 0) is 37.5 Å². The van der Waals surface area contributed by atoms with Gasteiger partial charge in [-0.15, -0.1) is 0 Å². The van der Waals surface area contributed by atoms with Gasteiger partial charge in [0.1, 0.15) is 6.04 Å². The van der Waals surface area contributed by atoms with Crippen LogP contribution in [0.1, 0.15) is 25.3 Å². The molecule has 5 heteroatoms. The molecule has 0 saturated carbocycles. The van der Waals surface area contributed by atoms with Gasteiger partial charge in [0.05, 0.1) is 13.0 Å². The Balaban J connectivity index is 2.00. The van der Waals surface area contributed by atoms with Crippen molar-refractivity contribution in [3.63, 3.8) is 0 Å². The summed E-state index contributed by atoms with van der Waals surface area (Å²) in [6.07, 6.45) is 1.81. The van der Waals surface area contributed by atoms with E-state index < -0.39 is 6.04 Å². The molecule has 1 aliphatic rings. The molecule has 1 aromatic carbocycles. The standard InChI is InChI=1S/C15H18ClNO3/c1-2-20-15(19)13-4-3-9-17(13)14(18)10-11-5-7-12(16)8-6-11/h5-8,13H,2-4,9-10H2,1H3. The third-order valence-corrected chi connectivity index (χ3v) is 3.65. The monoisotopic (exact) mass is 295 g/mol. The fourth-order valence-corrected chi connectivity index (χ4v) is 2.55. The number of hydrogen-bond acceptors (Lipinski definition) is 3. The van der Waals surface area contributed by atoms with Crippen LogP contribution < -0.4 is 0 Å². The molecule has 0 radical (unpaired) electrons. The highest BCUT2D eigenvalue weighted by atomic mass is 35.5. The number of carbonyl (C=O) groups is 2. The minimum atomic E-state index is -0.422. The molecular formula is C15H18ClNO3. The van der Waals surface area contributed by atoms with Crippen molar-refractivity contribution in [2.24, 2.45) is 0 Å². The first-order chi connectivity index (χ1) is 9.61. The van der Waals surface area contributed by atoms with E-state index in [0.717, 1.165) is 12.0 Å². The van der Waals surface area contributed by atoms with Crippen LogP contribution in [0.25, 0.3) is 0 Å². The van der Waals surface area contributed by atoms with Gasteiger partial charge in [0.25, 0.3) is 0 Å². The van der Waals surface area contributed by atoms with Gasteiger partial charge >= 0.3 is 5.97 Å². The van der Waals surface area contributed by atoms with Crippen LogP contribution in [0.4, 0.5) is 0 Å². The maximum atomic E-state index is 12.3. The van der Waals surface area contributed by atoms with Crippen molar-refractivity contribution in [1.29, 1.82) is 0 Å². The number of carbonyl (C=O) groups excluding carboxylic acids is 2. The SMILES string of the molecule is CCOC(=O)C1CCCN1C(=O)Cc1ccc(Cl)cc1. The maximum absolute atomic E-state index is 12.3. The number of benzene rings is 1. The van der Waals surface area contributed by atoms with Crippen molar-refractivity contribution < 1.29 is 14.3 Å². The van der Waals surface area contributed by atoms with Gasteiger partial charge < -0.3 is 9.64 Å². The van der Waals surface area contributed by atoms with E-state index in [0.29, 0.717) is 24.6 Å². The van der Waals surface area contributed by atoms with E-state index in [1.807, 2.05) is 12.1 Å². The van der Waals surface area contributed by atoms with Gasteiger partial charge in [-0.25, -0.2) is 4.79 Å². The molecule has 1 heterocycles. The highest BCUT2D eigenvalue weighted by Crippen LogP contribution is 2.20. The first kappa shape index (κ1) is 14.9. The van der Waals surface area contributed by atoms with Crippen molar-refractivity contribution >= 4 is 23.5 Å². The second kappa shape index (κ2) is 6.75. The van der Waals surface area contributed by atoms with E-state index in [1.54, 1.807) is 24.0 Å². The molecule has 2 rings (SSSR count). The van der Waals surface area contributed by atoms with Crippen molar-refractivity contribution in [2.75, 3.05) is 13.2 Å². The summed E-state index contributed by atoms with van der Waals surface area (Å²) in [6.45, 7) is 2.73. The molecule has 1 aliphatic heterocycles. The van der Waals surface area contributed by atoms with E-state index in [-0.39, 0.29) is 18.3 Å². The molecule has 20 heavy (non-hydrogen) atoms. The van der Waals surface area contributed by atoms with Gasteiger partial charge in [-0.2, -0.15) is 0 Å². The quantitative estimate of drug-likeness (QED) is 0.802. The van der Waals surface area contributed by atoms with E-state index in [1.165, 1.54) is 0 Å². The molecule has 0 N–H and O–H groups in total. The Morgan fingerprint density at radius 3 is 2.70 bits per heavy atom. The van der Waals surface area contributed by atoms with Gasteiger partial charge in [0.2, 0.25) is 5.91 Å². The Morgan fingerprint density at radius 2 is 2.05 bits per heavy atom. The number of ether oxygens (including phenoxy) is 1. The Bertz CT molecular complexity index is 486. The highest BCUT2D eigenvalue weighted by Gasteiger charge is 2.34. The molecule has 0 aliphatic carbocycles. The molecule has 0 spiro atoms. The van der Waals surface area contributed by atoms with Gasteiger partial charge in [0.15, 0.2) is 0 Å². The number of nitrogens with zero attached hydrogens (tertiary/aromatic N) is 1. The minimum absolute atomic E-state index is 0.0390. The van der Waals surface area contributed by atoms with E-state index >= 15 is 0 Å². The van der Waals surface area contributed by atoms with Crippen LogP contribution in [0.3, 0.4) is 0 Å². The first-order valence-corrected chi connectivity index (χ1v) is 7.20. The normalized spacial score (nSPS) is 18.1. The van der Waals surface area contributed by atoms with E-state index in [9.17, 15) is 9.59 Å². The fraction of sp³-hybridized carbons (Fsp3) is 0.467. The predicted octanol–water partition coefficient (Wildman–Crippen LogP) is 2.44. The Hall–Kier alpha value is -1.55. The summed E-state index contributed by atoms with van der Waals surface area (Å²) in [5.41, 5.74) is 0.897. The molecule has 1 unspecified atom stereocenters. The third-order valence-electron chi connectivity index (χ3n) is 3.40. The largest absolute Gasteiger partial charge is 0.464 e. The predicted molar refractivity (Wildman–Crippen MR) is 76.5 cm³/mol. The van der Waals surface area contributed by atoms with Crippen molar-refractivity contribution in [1.82, 2.24) is 4.90 Å². The summed E-state index contributed by atoms with van der Waals surface area (Å²) >= 11 is 5.82. The molecule has 1 saturated heterocycles. The zero-order chi connectivity index (χ0) is 14.5. The number of likely N-dealkylation sites (tertiary alicyclic amines) is 1. The molecule has 0 aromatic heterocycles. The van der Waals surface area contributed by atoms with Crippen molar-refractivity contribution in [2.45, 2.75) is 32.2 Å². The lowest BCUT2D eigenvalue weighted by Gasteiger charge is -2.23. The number of amides is 1. The van der Waals surface area contributed by atoms with Crippen LogP contribution in [-0.2, 0) is 20.7 Å². The van der Waals surface area contributed by atoms with Gasteiger partial charge in [-0.1, -0.05) is 23.7 Å². The summed E-state index contributed by atoms with van der Waals surface area (Å²) in [5, 5.41) is 0.645. The molecule has 0 bridgehead atoms. The van der Waals surface area contributed by atoms with E-state index in [2.05, 4.69) is 0 Å². The minimum Gasteiger partial charge on any atom is -0.464 e. The molecule has 108 valence electrons. The lowest BCUT2D eigenvalue weighted by atomic mass is 10.1. The molecule has 1 amide bonds. The second-order valence-corrected chi connectivity index (χ2v) is 5.24. The second-order valence-electron chi connectivity index (χ2n) is 4.80. The van der Waals surface area contributed by atoms with Gasteiger partial charge in [-0.3, -0.25) is 4.79 Å². The van der Waals surface area contributed by atoms with Crippen molar-refractivity contribution in [3.8, 4) is 0 Å². The summed E-state index contributed by atoms with van der Waals surface area (Å²) in [4.78, 5) is 25.8. The summed E-state index contributed by atoms with van der Waals surface area (Å²) in [6, 6.07) is 6.76. The van der Waals surface area contributed by atoms with Crippen LogP contribution >= 0.6 is 11.6 Å². The Labute approximate surface area is 123 Å². The smallest absolute Gasteiger partial charge is 0.328 e. The molecule has 1 aromatic rings. The van der Waals surface area contributed by atoms with Crippen LogP contribution in [0.2, 0.25) is 5.02 Å². The number of halogens is 1. The Kier molecular flexibility index (Phi) is 5.01. The highest BCUT2D eigenvalue weighted by molar-refractivity contribution is 6.30. The summed E-state index contributed by atoms with van der Waals surface area (Å²) < 4.78 is 5.02. The lowest BCUT2D eigenvalue weighted by Crippen LogP contribution is -2.42. The topological polar surface area (TPSA) is 46.6 Å². The average Bonchev–Trinajstić information content (AvgIpc) is 2.91. The van der Waals surface area contributed by atoms with Crippen molar-refractivity contribution in [3.05, 3.63) is 34.9 Å². The summed E-state index contributed by atoms with van der Waals surface area (Å²) in [5.74, 6) is -0.336. The molecular weight excluding hydrogens is 278 g/mol. The molecule has 4 nitrogen and oxygen atoms in total. The zero-order valence-corrected chi connectivity index (χ0v) is 12.2. The summed E-state index contributed by atoms with van der Waals surface area (Å²) in [7, 11) is 0. The molecule has 1 fully saturated rings. The van der Waals surface area contributed by atoms with Crippen LogP contribution in [-0.4, -0.2) is 36.0 Å². The van der Waals surface area contributed by atoms with Crippen LogP contribution in [0.5, 0.6) is 0 Å². The van der Waals surface area contributed by atoms with Crippen LogP contribution in [0.15, 0.2) is 24.3 Å². The lowest BCUT2D eigenvalue weighted by molar-refractivity contribution is -0.152. The van der Waals surface area contributed by atoms with Crippen LogP contribution in [0, 0.1) is 0 Å². The third kappa shape index (κ3) is 3.51. The first-order valence-electron chi connectivity index (χ1n) is 6.82. The number of esters is 1. The van der Waals surface area contributed by atoms with Gasteiger partial charge in [0, 0.05) is 11.6 Å². The number of hydrogen-bond donors (Lipinski definition) is 0. The molecule has 1 atom stereocenters. The average molecular weight is 296 g/mol. The zero-order valence-electron chi connectivity index (χ0n) is 11.5.